The molecule has 84 valence electrons. The van der Waals surface area contributed by atoms with Crippen molar-refractivity contribution in [2.24, 2.45) is 5.92 Å². The molecule has 1 unspecified atom stereocenters. The highest BCUT2D eigenvalue weighted by molar-refractivity contribution is 8.01. The third kappa shape index (κ3) is 3.12. The molecule has 0 saturated heterocycles. The smallest absolute Gasteiger partial charge is 0.206 e. The van der Waals surface area contributed by atoms with Crippen molar-refractivity contribution in [3.8, 4) is 0 Å². The molecule has 1 saturated carbocycles. The van der Waals surface area contributed by atoms with Crippen molar-refractivity contribution >= 4 is 51.4 Å². The Balaban J connectivity index is 1.79. The maximum Gasteiger partial charge on any atom is 0.206 e. The number of thioether (sulfide) groups is 1. The van der Waals surface area contributed by atoms with E-state index in [9.17, 15) is 0 Å². The number of hydrogen-bond acceptors (Lipinski definition) is 5. The summed E-state index contributed by atoms with van der Waals surface area (Å²) in [4.78, 5) is 0. The Morgan fingerprint density at radius 1 is 1.60 bits per heavy atom. The van der Waals surface area contributed by atoms with Crippen LogP contribution in [0.3, 0.4) is 0 Å². The molecular weight excluding hydrogens is 273 g/mol. The summed E-state index contributed by atoms with van der Waals surface area (Å²) in [6.45, 7) is 2.90. The molecule has 0 amide bonds. The summed E-state index contributed by atoms with van der Waals surface area (Å²) in [6.07, 6.45) is 0.891. The van der Waals surface area contributed by atoms with E-state index in [1.165, 1.54) is 0 Å². The highest BCUT2D eigenvalue weighted by Gasteiger charge is 2.51. The van der Waals surface area contributed by atoms with E-state index in [1.807, 2.05) is 6.92 Å². The van der Waals surface area contributed by atoms with Gasteiger partial charge in [-0.05, 0) is 13.3 Å². The maximum atomic E-state index is 5.94. The van der Waals surface area contributed by atoms with Gasteiger partial charge in [-0.25, -0.2) is 0 Å². The SMILES string of the molecule is CCNc1nnc(SCC2CC2(Cl)Cl)s1. The molecular formula is C8H11Cl2N3S2. The van der Waals surface area contributed by atoms with Gasteiger partial charge in [0, 0.05) is 18.2 Å². The number of nitrogens with one attached hydrogen (secondary N) is 1. The Kier molecular flexibility index (Phi) is 3.65. The Morgan fingerprint density at radius 2 is 2.33 bits per heavy atom. The van der Waals surface area contributed by atoms with Gasteiger partial charge >= 0.3 is 0 Å². The number of rotatable bonds is 5. The van der Waals surface area contributed by atoms with Crippen molar-refractivity contribution in [1.82, 2.24) is 10.2 Å². The fraction of sp³-hybridized carbons (Fsp3) is 0.750. The molecule has 0 bridgehead atoms. The lowest BCUT2D eigenvalue weighted by atomic mass is 10.5. The molecule has 7 heteroatoms. The number of alkyl halides is 2. The topological polar surface area (TPSA) is 37.8 Å². The van der Waals surface area contributed by atoms with E-state index in [2.05, 4.69) is 15.5 Å². The van der Waals surface area contributed by atoms with Gasteiger partial charge in [-0.1, -0.05) is 23.1 Å². The van der Waals surface area contributed by atoms with Crippen molar-refractivity contribution in [2.75, 3.05) is 17.6 Å². The monoisotopic (exact) mass is 283 g/mol. The second-order valence-corrected chi connectivity index (χ2v) is 7.16. The van der Waals surface area contributed by atoms with Crippen LogP contribution in [0.5, 0.6) is 0 Å². The number of nitrogens with zero attached hydrogens (tertiary/aromatic N) is 2. The van der Waals surface area contributed by atoms with Crippen LogP contribution in [0.15, 0.2) is 4.34 Å². The standard InChI is InChI=1S/C8H11Cl2N3S2/c1-2-11-6-12-13-7(15-6)14-4-5-3-8(5,9)10/h5H,2-4H2,1H3,(H,11,12). The highest BCUT2D eigenvalue weighted by atomic mass is 35.5. The second-order valence-electron chi connectivity index (χ2n) is 3.38. The van der Waals surface area contributed by atoms with Crippen LogP contribution in [0.25, 0.3) is 0 Å². The summed E-state index contributed by atoms with van der Waals surface area (Å²) >= 11 is 15.1. The van der Waals surface area contributed by atoms with Gasteiger partial charge in [0.1, 0.15) is 4.33 Å². The average Bonchev–Trinajstić information content (AvgIpc) is 2.62. The van der Waals surface area contributed by atoms with Crippen molar-refractivity contribution in [3.63, 3.8) is 0 Å². The van der Waals surface area contributed by atoms with Crippen molar-refractivity contribution in [2.45, 2.75) is 22.0 Å². The predicted octanol–water partition coefficient (Wildman–Crippen LogP) is 3.26. The van der Waals surface area contributed by atoms with Crippen LogP contribution in [0.1, 0.15) is 13.3 Å². The van der Waals surface area contributed by atoms with E-state index < -0.39 is 4.33 Å². The number of anilines is 1. The first-order valence-electron chi connectivity index (χ1n) is 4.70. The van der Waals surface area contributed by atoms with Crippen molar-refractivity contribution < 1.29 is 0 Å². The minimum atomic E-state index is -0.484. The number of aromatic nitrogens is 2. The van der Waals surface area contributed by atoms with E-state index >= 15 is 0 Å². The third-order valence-corrected chi connectivity index (χ3v) is 5.20. The van der Waals surface area contributed by atoms with Crippen molar-refractivity contribution in [1.29, 1.82) is 0 Å². The zero-order valence-corrected chi connectivity index (χ0v) is 11.3. The van der Waals surface area contributed by atoms with E-state index in [0.29, 0.717) is 5.92 Å². The Bertz CT molecular complexity index is 342. The Hall–Kier alpha value is 0.290. The van der Waals surface area contributed by atoms with Gasteiger partial charge in [-0.2, -0.15) is 0 Å². The van der Waals surface area contributed by atoms with E-state index in [-0.39, 0.29) is 0 Å². The van der Waals surface area contributed by atoms with Gasteiger partial charge in [-0.3, -0.25) is 0 Å². The first-order valence-corrected chi connectivity index (χ1v) is 7.25. The lowest BCUT2D eigenvalue weighted by molar-refractivity contribution is 0.965. The molecule has 0 aliphatic heterocycles. The summed E-state index contributed by atoms with van der Waals surface area (Å²) in [5, 5.41) is 12.1. The molecule has 2 rings (SSSR count). The van der Waals surface area contributed by atoms with Crippen LogP contribution >= 0.6 is 46.3 Å². The molecule has 0 spiro atoms. The van der Waals surface area contributed by atoms with Crippen LogP contribution in [0, 0.1) is 5.92 Å². The summed E-state index contributed by atoms with van der Waals surface area (Å²) in [5.41, 5.74) is 0. The predicted molar refractivity (Wildman–Crippen MR) is 67.3 cm³/mol. The lowest BCUT2D eigenvalue weighted by Crippen LogP contribution is -1.94. The molecule has 1 atom stereocenters. The minimum absolute atomic E-state index is 0.400. The largest absolute Gasteiger partial charge is 0.360 e. The molecule has 1 aliphatic carbocycles. The first kappa shape index (κ1) is 11.8. The fourth-order valence-electron chi connectivity index (χ4n) is 1.11. The molecule has 15 heavy (non-hydrogen) atoms. The molecule has 1 aromatic heterocycles. The molecule has 1 aromatic rings. The van der Waals surface area contributed by atoms with Crippen molar-refractivity contribution in [3.05, 3.63) is 0 Å². The van der Waals surface area contributed by atoms with E-state index in [1.54, 1.807) is 23.1 Å². The molecule has 1 aliphatic rings. The van der Waals surface area contributed by atoms with Gasteiger partial charge in [0.15, 0.2) is 4.34 Å². The molecule has 1 fully saturated rings. The van der Waals surface area contributed by atoms with Crippen LogP contribution < -0.4 is 5.32 Å². The summed E-state index contributed by atoms with van der Waals surface area (Å²) < 4.78 is 0.490. The Morgan fingerprint density at radius 3 is 2.93 bits per heavy atom. The average molecular weight is 284 g/mol. The quantitative estimate of drug-likeness (QED) is 0.665. The zero-order valence-electron chi connectivity index (χ0n) is 8.17. The van der Waals surface area contributed by atoms with Crippen LogP contribution in [0.4, 0.5) is 5.13 Å². The molecule has 3 nitrogen and oxygen atoms in total. The number of halogens is 2. The van der Waals surface area contributed by atoms with Crippen LogP contribution in [-0.2, 0) is 0 Å². The molecule has 1 heterocycles. The lowest BCUT2D eigenvalue weighted by Gasteiger charge is -1.96. The minimum Gasteiger partial charge on any atom is -0.360 e. The first-order chi connectivity index (χ1) is 7.12. The molecule has 1 N–H and O–H groups in total. The number of hydrogen-bond donors (Lipinski definition) is 1. The third-order valence-electron chi connectivity index (χ3n) is 2.10. The van der Waals surface area contributed by atoms with Crippen LogP contribution in [0.2, 0.25) is 0 Å². The summed E-state index contributed by atoms with van der Waals surface area (Å²) in [6, 6.07) is 0. The highest BCUT2D eigenvalue weighted by Crippen LogP contribution is 2.54. The normalized spacial score (nSPS) is 22.7. The second kappa shape index (κ2) is 4.65. The van der Waals surface area contributed by atoms with Crippen LogP contribution in [-0.4, -0.2) is 26.8 Å². The van der Waals surface area contributed by atoms with Gasteiger partial charge in [0.2, 0.25) is 5.13 Å². The maximum absolute atomic E-state index is 5.94. The Labute approximate surface area is 107 Å². The summed E-state index contributed by atoms with van der Waals surface area (Å²) in [7, 11) is 0. The zero-order chi connectivity index (χ0) is 10.9. The molecule has 0 aromatic carbocycles. The fourth-order valence-corrected chi connectivity index (χ4v) is 3.89. The van der Waals surface area contributed by atoms with E-state index in [0.717, 1.165) is 28.2 Å². The summed E-state index contributed by atoms with van der Waals surface area (Å²) in [5.74, 6) is 1.32. The van der Waals surface area contributed by atoms with Gasteiger partial charge < -0.3 is 5.32 Å². The van der Waals surface area contributed by atoms with Gasteiger partial charge in [-0.15, -0.1) is 33.4 Å². The van der Waals surface area contributed by atoms with Gasteiger partial charge in [0.05, 0.1) is 0 Å². The van der Waals surface area contributed by atoms with Gasteiger partial charge in [0.25, 0.3) is 0 Å². The molecule has 0 radical (unpaired) electrons. The van der Waals surface area contributed by atoms with E-state index in [4.69, 9.17) is 23.2 Å².